The molecular formula is C11H20N6OS. The predicted octanol–water partition coefficient (Wildman–Crippen LogP) is -0.0559. The fraction of sp³-hybridized carbons (Fsp3) is 0.727. The van der Waals surface area contributed by atoms with Crippen LogP contribution in [0.3, 0.4) is 0 Å². The Morgan fingerprint density at radius 1 is 1.26 bits per heavy atom. The summed E-state index contributed by atoms with van der Waals surface area (Å²) in [5.74, 6) is 1.87. The maximum absolute atomic E-state index is 5.75. The van der Waals surface area contributed by atoms with Gasteiger partial charge in [-0.25, -0.2) is 0 Å². The van der Waals surface area contributed by atoms with Crippen molar-refractivity contribution < 1.29 is 4.74 Å². The van der Waals surface area contributed by atoms with Crippen LogP contribution in [0.2, 0.25) is 0 Å². The lowest BCUT2D eigenvalue weighted by atomic mass is 10.4. The van der Waals surface area contributed by atoms with Gasteiger partial charge in [0.1, 0.15) is 0 Å². The molecular weight excluding hydrogens is 264 g/mol. The molecule has 1 aromatic rings. The number of hydrogen-bond donors (Lipinski definition) is 1. The summed E-state index contributed by atoms with van der Waals surface area (Å²) in [5, 5.41) is 0.691. The summed E-state index contributed by atoms with van der Waals surface area (Å²) in [7, 11) is 4.09. The summed E-state index contributed by atoms with van der Waals surface area (Å²) < 4.78 is 5.32. The van der Waals surface area contributed by atoms with Gasteiger partial charge in [0.15, 0.2) is 5.16 Å². The minimum absolute atomic E-state index is 0.281. The molecule has 0 unspecified atom stereocenters. The molecule has 0 amide bonds. The van der Waals surface area contributed by atoms with E-state index < -0.39 is 0 Å². The molecule has 0 radical (unpaired) electrons. The molecule has 0 aromatic carbocycles. The second-order valence-electron chi connectivity index (χ2n) is 4.53. The first-order chi connectivity index (χ1) is 9.15. The summed E-state index contributed by atoms with van der Waals surface area (Å²) in [5.41, 5.74) is 5.75. The second-order valence-corrected chi connectivity index (χ2v) is 5.59. The van der Waals surface area contributed by atoms with Gasteiger partial charge >= 0.3 is 0 Å². The van der Waals surface area contributed by atoms with Gasteiger partial charge in [0, 0.05) is 25.4 Å². The van der Waals surface area contributed by atoms with Gasteiger partial charge in [-0.05, 0) is 14.1 Å². The third-order valence-electron chi connectivity index (χ3n) is 2.68. The van der Waals surface area contributed by atoms with E-state index in [1.54, 1.807) is 11.8 Å². The molecule has 2 N–H and O–H groups in total. The lowest BCUT2D eigenvalue weighted by Crippen LogP contribution is -2.37. The van der Waals surface area contributed by atoms with Crippen LogP contribution in [-0.4, -0.2) is 72.5 Å². The minimum atomic E-state index is 0.281. The largest absolute Gasteiger partial charge is 0.378 e. The number of morpholine rings is 1. The molecule has 106 valence electrons. The maximum atomic E-state index is 5.75. The molecule has 2 heterocycles. The van der Waals surface area contributed by atoms with E-state index >= 15 is 0 Å². The van der Waals surface area contributed by atoms with Gasteiger partial charge < -0.3 is 20.3 Å². The van der Waals surface area contributed by atoms with Crippen molar-refractivity contribution in [1.29, 1.82) is 0 Å². The number of thioether (sulfide) groups is 1. The van der Waals surface area contributed by atoms with Crippen molar-refractivity contribution in [2.45, 2.75) is 5.16 Å². The monoisotopic (exact) mass is 284 g/mol. The van der Waals surface area contributed by atoms with Gasteiger partial charge in [-0.2, -0.15) is 15.0 Å². The summed E-state index contributed by atoms with van der Waals surface area (Å²) in [4.78, 5) is 17.0. The molecule has 8 heteroatoms. The molecule has 2 rings (SSSR count). The molecule has 0 spiro atoms. The van der Waals surface area contributed by atoms with Gasteiger partial charge in [-0.3, -0.25) is 0 Å². The first kappa shape index (κ1) is 14.3. The van der Waals surface area contributed by atoms with Crippen LogP contribution in [0.15, 0.2) is 5.16 Å². The smallest absolute Gasteiger partial charge is 0.231 e. The Balaban J connectivity index is 2.01. The van der Waals surface area contributed by atoms with Crippen LogP contribution in [0.25, 0.3) is 0 Å². The van der Waals surface area contributed by atoms with Crippen LogP contribution in [0.1, 0.15) is 0 Å². The van der Waals surface area contributed by atoms with Crippen LogP contribution in [0.5, 0.6) is 0 Å². The van der Waals surface area contributed by atoms with E-state index in [0.29, 0.717) is 24.3 Å². The Morgan fingerprint density at radius 3 is 2.68 bits per heavy atom. The third-order valence-corrected chi connectivity index (χ3v) is 3.51. The van der Waals surface area contributed by atoms with Crippen molar-refractivity contribution in [3.63, 3.8) is 0 Å². The topological polar surface area (TPSA) is 80.4 Å². The predicted molar refractivity (Wildman–Crippen MR) is 76.5 cm³/mol. The molecule has 1 aromatic heterocycles. The number of hydrogen-bond acceptors (Lipinski definition) is 8. The number of ether oxygens (including phenoxy) is 1. The summed E-state index contributed by atoms with van der Waals surface area (Å²) in [6.07, 6.45) is 0. The Kier molecular flexibility index (Phi) is 5.17. The zero-order valence-electron chi connectivity index (χ0n) is 11.4. The summed E-state index contributed by atoms with van der Waals surface area (Å²) >= 11 is 1.60. The van der Waals surface area contributed by atoms with E-state index in [1.807, 2.05) is 14.1 Å². The lowest BCUT2D eigenvalue weighted by molar-refractivity contribution is 0.122. The first-order valence-corrected chi connectivity index (χ1v) is 7.25. The summed E-state index contributed by atoms with van der Waals surface area (Å²) in [6, 6.07) is 0. The highest BCUT2D eigenvalue weighted by atomic mass is 32.2. The van der Waals surface area contributed by atoms with Crippen LogP contribution in [0, 0.1) is 0 Å². The Morgan fingerprint density at radius 2 is 2.00 bits per heavy atom. The average molecular weight is 284 g/mol. The first-order valence-electron chi connectivity index (χ1n) is 6.27. The minimum Gasteiger partial charge on any atom is -0.378 e. The van der Waals surface area contributed by atoms with E-state index in [-0.39, 0.29) is 5.95 Å². The van der Waals surface area contributed by atoms with Gasteiger partial charge in [0.05, 0.1) is 13.2 Å². The van der Waals surface area contributed by atoms with Crippen LogP contribution < -0.4 is 10.6 Å². The molecule has 7 nitrogen and oxygen atoms in total. The molecule has 1 fully saturated rings. The lowest BCUT2D eigenvalue weighted by Gasteiger charge is -2.26. The second kappa shape index (κ2) is 6.88. The Labute approximate surface area is 117 Å². The van der Waals surface area contributed by atoms with Crippen molar-refractivity contribution >= 4 is 23.7 Å². The van der Waals surface area contributed by atoms with Crippen molar-refractivity contribution in [3.8, 4) is 0 Å². The molecule has 0 saturated carbocycles. The third kappa shape index (κ3) is 4.48. The van der Waals surface area contributed by atoms with Gasteiger partial charge in [0.25, 0.3) is 0 Å². The highest BCUT2D eigenvalue weighted by molar-refractivity contribution is 7.99. The van der Waals surface area contributed by atoms with Gasteiger partial charge in [-0.1, -0.05) is 11.8 Å². The SMILES string of the molecule is CN(C)CCSc1nc(N)nc(N2CCOCC2)n1. The van der Waals surface area contributed by atoms with Crippen molar-refractivity contribution in [1.82, 2.24) is 19.9 Å². The highest BCUT2D eigenvalue weighted by Crippen LogP contribution is 2.18. The van der Waals surface area contributed by atoms with Crippen LogP contribution in [0.4, 0.5) is 11.9 Å². The van der Waals surface area contributed by atoms with Crippen LogP contribution >= 0.6 is 11.8 Å². The average Bonchev–Trinajstić information content (AvgIpc) is 2.39. The highest BCUT2D eigenvalue weighted by Gasteiger charge is 2.15. The Bertz CT molecular complexity index is 410. The fourth-order valence-electron chi connectivity index (χ4n) is 1.65. The molecule has 0 atom stereocenters. The molecule has 19 heavy (non-hydrogen) atoms. The maximum Gasteiger partial charge on any atom is 0.231 e. The van der Waals surface area contributed by atoms with Gasteiger partial charge in [0.2, 0.25) is 11.9 Å². The van der Waals surface area contributed by atoms with E-state index in [0.717, 1.165) is 25.4 Å². The number of aromatic nitrogens is 3. The number of rotatable bonds is 5. The number of anilines is 2. The molecule has 1 aliphatic heterocycles. The Hall–Kier alpha value is -1.12. The molecule has 1 aliphatic rings. The zero-order chi connectivity index (χ0) is 13.7. The van der Waals surface area contributed by atoms with Crippen LogP contribution in [-0.2, 0) is 4.74 Å². The van der Waals surface area contributed by atoms with Crippen molar-refractivity contribution in [2.75, 3.05) is 63.3 Å². The van der Waals surface area contributed by atoms with Gasteiger partial charge in [-0.15, -0.1) is 0 Å². The number of nitrogens with zero attached hydrogens (tertiary/aromatic N) is 5. The van der Waals surface area contributed by atoms with E-state index in [4.69, 9.17) is 10.5 Å². The van der Waals surface area contributed by atoms with E-state index in [2.05, 4.69) is 24.8 Å². The zero-order valence-corrected chi connectivity index (χ0v) is 12.2. The molecule has 1 saturated heterocycles. The summed E-state index contributed by atoms with van der Waals surface area (Å²) in [6.45, 7) is 3.98. The van der Waals surface area contributed by atoms with Crippen molar-refractivity contribution in [2.24, 2.45) is 0 Å². The number of nitrogen functional groups attached to an aromatic ring is 1. The number of nitrogens with two attached hydrogens (primary N) is 1. The normalized spacial score (nSPS) is 16.1. The quantitative estimate of drug-likeness (QED) is 0.754. The fourth-order valence-corrected chi connectivity index (χ4v) is 2.59. The van der Waals surface area contributed by atoms with E-state index in [1.165, 1.54) is 0 Å². The van der Waals surface area contributed by atoms with E-state index in [9.17, 15) is 0 Å². The molecule has 0 aliphatic carbocycles. The standard InChI is InChI=1S/C11H20N6OS/c1-16(2)5-8-19-11-14-9(12)13-10(15-11)17-3-6-18-7-4-17/h3-8H2,1-2H3,(H2,12,13,14,15). The molecule has 0 bridgehead atoms. The van der Waals surface area contributed by atoms with Crippen molar-refractivity contribution in [3.05, 3.63) is 0 Å².